The number of quaternary nitrogens is 3. The Bertz CT molecular complexity index is 182. The lowest BCUT2D eigenvalue weighted by Crippen LogP contribution is -3.17. The van der Waals surface area contributed by atoms with E-state index >= 15 is 0 Å². The number of likely N-dealkylation sites (N-methyl/N-ethyl adjacent to an activating group) is 1. The standard InChI is InChI=1S/C12H27N3/c1-10-9-15(5)11(2)8-12(10)13-6-7-14(3)4/h10-13H,6-9H2,1-5H3/p+3/t10-,11+,12-/m1/s1. The minimum atomic E-state index is 0.842. The van der Waals surface area contributed by atoms with Crippen molar-refractivity contribution in [3.63, 3.8) is 0 Å². The van der Waals surface area contributed by atoms with E-state index in [4.69, 9.17) is 0 Å². The average Bonchev–Trinajstić information content (AvgIpc) is 2.13. The van der Waals surface area contributed by atoms with Crippen molar-refractivity contribution >= 4 is 0 Å². The van der Waals surface area contributed by atoms with Gasteiger partial charge in [-0.15, -0.1) is 0 Å². The molecule has 0 saturated carbocycles. The molecule has 0 spiro atoms. The largest absolute Gasteiger partial charge is 0.339 e. The van der Waals surface area contributed by atoms with Gasteiger partial charge in [0, 0.05) is 0 Å². The molecule has 0 aliphatic carbocycles. The summed E-state index contributed by atoms with van der Waals surface area (Å²) in [5.74, 6) is 0.873. The van der Waals surface area contributed by atoms with Gasteiger partial charge < -0.3 is 15.1 Å². The first-order chi connectivity index (χ1) is 7.00. The van der Waals surface area contributed by atoms with E-state index in [9.17, 15) is 0 Å². The van der Waals surface area contributed by atoms with Crippen molar-refractivity contribution in [1.29, 1.82) is 0 Å². The third-order valence-electron chi connectivity index (χ3n) is 3.96. The summed E-state index contributed by atoms with van der Waals surface area (Å²) in [6, 6.07) is 1.71. The van der Waals surface area contributed by atoms with Crippen LogP contribution in [0.2, 0.25) is 0 Å². The van der Waals surface area contributed by atoms with Crippen LogP contribution < -0.4 is 15.1 Å². The van der Waals surface area contributed by atoms with E-state index in [2.05, 4.69) is 40.3 Å². The van der Waals surface area contributed by atoms with Gasteiger partial charge in [-0.3, -0.25) is 0 Å². The first-order valence-electron chi connectivity index (χ1n) is 6.45. The van der Waals surface area contributed by atoms with Gasteiger partial charge in [0.05, 0.1) is 52.1 Å². The maximum atomic E-state index is 2.58. The predicted octanol–water partition coefficient (Wildman–Crippen LogP) is -2.99. The molecule has 1 unspecified atom stereocenters. The van der Waals surface area contributed by atoms with Crippen LogP contribution in [0.25, 0.3) is 0 Å². The zero-order valence-corrected chi connectivity index (χ0v) is 11.1. The van der Waals surface area contributed by atoms with Gasteiger partial charge in [0.15, 0.2) is 0 Å². The Morgan fingerprint density at radius 2 is 2.00 bits per heavy atom. The molecule has 0 aromatic rings. The molecule has 0 radical (unpaired) electrons. The SMILES string of the molecule is C[C@@H]1C[NH+](C)[C@@H](C)C[C@H]1[NH2+]CC[NH+](C)C. The minimum Gasteiger partial charge on any atom is -0.339 e. The second kappa shape index (κ2) is 5.83. The fraction of sp³-hybridized carbons (Fsp3) is 1.00. The van der Waals surface area contributed by atoms with Crippen LogP contribution in [0.3, 0.4) is 0 Å². The Hall–Kier alpha value is -0.120. The maximum absolute atomic E-state index is 2.58. The number of nitrogens with one attached hydrogen (secondary N) is 2. The molecule has 3 nitrogen and oxygen atoms in total. The van der Waals surface area contributed by atoms with E-state index in [-0.39, 0.29) is 0 Å². The summed E-state index contributed by atoms with van der Waals surface area (Å²) in [6.45, 7) is 8.71. The second-order valence-corrected chi connectivity index (χ2v) is 5.81. The van der Waals surface area contributed by atoms with E-state index in [0.717, 1.165) is 18.0 Å². The van der Waals surface area contributed by atoms with E-state index in [1.807, 2.05) is 0 Å². The minimum absolute atomic E-state index is 0.842. The topological polar surface area (TPSA) is 25.5 Å². The summed E-state index contributed by atoms with van der Waals surface area (Å²) < 4.78 is 0. The van der Waals surface area contributed by atoms with Crippen molar-refractivity contribution in [3.05, 3.63) is 0 Å². The summed E-state index contributed by atoms with van der Waals surface area (Å²) in [4.78, 5) is 3.27. The molecule has 0 amide bonds. The van der Waals surface area contributed by atoms with Crippen molar-refractivity contribution in [1.82, 2.24) is 0 Å². The number of rotatable bonds is 4. The number of likely N-dealkylation sites (tertiary alicyclic amines) is 1. The highest BCUT2D eigenvalue weighted by Crippen LogP contribution is 2.07. The van der Waals surface area contributed by atoms with Crippen molar-refractivity contribution < 1.29 is 15.1 Å². The van der Waals surface area contributed by atoms with Crippen molar-refractivity contribution in [2.24, 2.45) is 5.92 Å². The highest BCUT2D eigenvalue weighted by molar-refractivity contribution is 4.70. The summed E-state index contributed by atoms with van der Waals surface area (Å²) in [7, 11) is 6.80. The van der Waals surface area contributed by atoms with Gasteiger partial charge in [0.25, 0.3) is 0 Å². The van der Waals surface area contributed by atoms with Crippen LogP contribution in [0.4, 0.5) is 0 Å². The molecule has 90 valence electrons. The summed E-state index contributed by atoms with van der Waals surface area (Å²) in [6.07, 6.45) is 1.38. The molecule has 1 rings (SSSR count). The first kappa shape index (κ1) is 12.9. The van der Waals surface area contributed by atoms with E-state index in [0.29, 0.717) is 0 Å². The zero-order chi connectivity index (χ0) is 11.4. The Morgan fingerprint density at radius 1 is 1.33 bits per heavy atom. The quantitative estimate of drug-likeness (QED) is 0.447. The summed E-state index contributed by atoms with van der Waals surface area (Å²) in [5, 5.41) is 2.58. The molecule has 3 heteroatoms. The second-order valence-electron chi connectivity index (χ2n) is 5.81. The molecule has 0 aromatic carbocycles. The Labute approximate surface area is 94.8 Å². The van der Waals surface area contributed by atoms with Gasteiger partial charge >= 0.3 is 0 Å². The molecule has 1 fully saturated rings. The highest BCUT2D eigenvalue weighted by Gasteiger charge is 2.34. The molecule has 0 aromatic heterocycles. The van der Waals surface area contributed by atoms with Gasteiger partial charge in [-0.2, -0.15) is 0 Å². The van der Waals surface area contributed by atoms with Gasteiger partial charge in [0.1, 0.15) is 13.1 Å². The van der Waals surface area contributed by atoms with Crippen LogP contribution in [-0.4, -0.2) is 52.9 Å². The van der Waals surface area contributed by atoms with E-state index in [1.165, 1.54) is 26.1 Å². The van der Waals surface area contributed by atoms with Gasteiger partial charge in [-0.05, 0) is 6.92 Å². The van der Waals surface area contributed by atoms with Crippen LogP contribution in [0.1, 0.15) is 20.3 Å². The Morgan fingerprint density at radius 3 is 2.60 bits per heavy atom. The molecular formula is C12H30N3+3. The maximum Gasteiger partial charge on any atom is 0.126 e. The van der Waals surface area contributed by atoms with Crippen LogP contribution in [-0.2, 0) is 0 Å². The molecule has 4 N–H and O–H groups in total. The molecule has 1 heterocycles. The molecule has 4 atom stereocenters. The predicted molar refractivity (Wildman–Crippen MR) is 63.3 cm³/mol. The molecule has 0 bridgehead atoms. The summed E-state index contributed by atoms with van der Waals surface area (Å²) >= 11 is 0. The van der Waals surface area contributed by atoms with Gasteiger partial charge in [0.2, 0.25) is 0 Å². The zero-order valence-electron chi connectivity index (χ0n) is 11.1. The van der Waals surface area contributed by atoms with Crippen LogP contribution >= 0.6 is 0 Å². The lowest BCUT2D eigenvalue weighted by atomic mass is 9.90. The molecule has 1 aliphatic heterocycles. The van der Waals surface area contributed by atoms with Crippen LogP contribution in [0, 0.1) is 5.92 Å². The number of hydrogen-bond acceptors (Lipinski definition) is 0. The Balaban J connectivity index is 2.28. The fourth-order valence-electron chi connectivity index (χ4n) is 2.62. The molecule has 15 heavy (non-hydrogen) atoms. The van der Waals surface area contributed by atoms with Crippen LogP contribution in [0.15, 0.2) is 0 Å². The Kier molecular flexibility index (Phi) is 5.03. The molecule has 1 saturated heterocycles. The third kappa shape index (κ3) is 4.09. The van der Waals surface area contributed by atoms with E-state index < -0.39 is 0 Å². The lowest BCUT2D eigenvalue weighted by Gasteiger charge is -2.35. The first-order valence-corrected chi connectivity index (χ1v) is 6.45. The van der Waals surface area contributed by atoms with Gasteiger partial charge in [-0.25, -0.2) is 0 Å². The molecular weight excluding hydrogens is 186 g/mol. The van der Waals surface area contributed by atoms with E-state index in [1.54, 1.807) is 9.80 Å². The van der Waals surface area contributed by atoms with Gasteiger partial charge in [-0.1, -0.05) is 6.92 Å². The fourth-order valence-corrected chi connectivity index (χ4v) is 2.62. The normalized spacial score (nSPS) is 37.2. The number of piperidine rings is 1. The monoisotopic (exact) mass is 216 g/mol. The van der Waals surface area contributed by atoms with Crippen molar-refractivity contribution in [2.75, 3.05) is 40.8 Å². The average molecular weight is 216 g/mol. The smallest absolute Gasteiger partial charge is 0.126 e. The van der Waals surface area contributed by atoms with Crippen molar-refractivity contribution in [3.8, 4) is 0 Å². The number of hydrogen-bond donors (Lipinski definition) is 3. The third-order valence-corrected chi connectivity index (χ3v) is 3.96. The van der Waals surface area contributed by atoms with Crippen molar-refractivity contribution in [2.45, 2.75) is 32.4 Å². The van der Waals surface area contributed by atoms with Crippen LogP contribution in [0.5, 0.6) is 0 Å². The number of nitrogens with two attached hydrogens (primary N) is 1. The lowest BCUT2D eigenvalue weighted by molar-refractivity contribution is -0.925. The molecule has 1 aliphatic rings. The summed E-state index contributed by atoms with van der Waals surface area (Å²) in [5.41, 5.74) is 0. The highest BCUT2D eigenvalue weighted by atomic mass is 15.2.